The first-order valence-electron chi connectivity index (χ1n) is 19.1. The number of aliphatic hydroxyl groups is 2. The molecule has 290 valence electrons. The highest BCUT2D eigenvalue weighted by atomic mass is 31.2. The Morgan fingerprint density at radius 2 is 1.10 bits per heavy atom. The first-order valence-corrected chi connectivity index (χ1v) is 20.6. The van der Waals surface area contributed by atoms with Crippen molar-refractivity contribution >= 4 is 19.8 Å². The monoisotopic (exact) mass is 728 g/mol. The lowest BCUT2D eigenvalue weighted by molar-refractivity contribution is -0.161. The third-order valence-electron chi connectivity index (χ3n) is 7.70. The SMILES string of the molecule is CC/C=C\C/C=C\C/C=C\CCCCCCCCCC(=O)OC(COC(=O)CCCCCCC/C=C\CCC)COP(=O)(O)OCC(O)CO. The van der Waals surface area contributed by atoms with E-state index in [9.17, 15) is 24.2 Å². The van der Waals surface area contributed by atoms with Crippen LogP contribution in [0.1, 0.15) is 149 Å². The molecule has 0 aromatic heterocycles. The van der Waals surface area contributed by atoms with Crippen molar-refractivity contribution in [2.45, 2.75) is 161 Å². The molecular weight excluding hydrogens is 659 g/mol. The number of carbonyl (C=O) groups excluding carboxylic acids is 2. The molecule has 0 radical (unpaired) electrons. The van der Waals surface area contributed by atoms with Gasteiger partial charge in [-0.05, 0) is 64.2 Å². The lowest BCUT2D eigenvalue weighted by atomic mass is 10.1. The largest absolute Gasteiger partial charge is 0.472 e. The van der Waals surface area contributed by atoms with Crippen molar-refractivity contribution < 1.29 is 47.8 Å². The number of esters is 2. The summed E-state index contributed by atoms with van der Waals surface area (Å²) in [5.41, 5.74) is 0. The van der Waals surface area contributed by atoms with Gasteiger partial charge in [-0.2, -0.15) is 0 Å². The summed E-state index contributed by atoms with van der Waals surface area (Å²) < 4.78 is 32.5. The van der Waals surface area contributed by atoms with Crippen molar-refractivity contribution in [2.24, 2.45) is 0 Å². The number of ether oxygens (including phenoxy) is 2. The molecule has 0 aliphatic heterocycles. The van der Waals surface area contributed by atoms with E-state index in [-0.39, 0.29) is 19.4 Å². The van der Waals surface area contributed by atoms with Gasteiger partial charge in [0, 0.05) is 12.8 Å². The summed E-state index contributed by atoms with van der Waals surface area (Å²) in [6.07, 6.45) is 35.1. The van der Waals surface area contributed by atoms with Crippen molar-refractivity contribution in [3.8, 4) is 0 Å². The number of carbonyl (C=O) groups is 2. The zero-order valence-electron chi connectivity index (χ0n) is 31.1. The van der Waals surface area contributed by atoms with Gasteiger partial charge in [0.2, 0.25) is 0 Å². The summed E-state index contributed by atoms with van der Waals surface area (Å²) in [6, 6.07) is 0. The lowest BCUT2D eigenvalue weighted by Crippen LogP contribution is -2.29. The van der Waals surface area contributed by atoms with Crippen LogP contribution in [0.5, 0.6) is 0 Å². The molecule has 0 bridgehead atoms. The highest BCUT2D eigenvalue weighted by molar-refractivity contribution is 7.47. The zero-order valence-corrected chi connectivity index (χ0v) is 32.0. The van der Waals surface area contributed by atoms with Gasteiger partial charge in [-0.15, -0.1) is 0 Å². The molecule has 0 aromatic rings. The van der Waals surface area contributed by atoms with Crippen molar-refractivity contribution in [2.75, 3.05) is 26.4 Å². The fourth-order valence-electron chi connectivity index (χ4n) is 4.77. The van der Waals surface area contributed by atoms with Crippen LogP contribution >= 0.6 is 7.82 Å². The molecule has 10 nitrogen and oxygen atoms in total. The molecule has 0 aliphatic rings. The molecule has 50 heavy (non-hydrogen) atoms. The smallest absolute Gasteiger partial charge is 0.462 e. The Morgan fingerprint density at radius 3 is 1.68 bits per heavy atom. The summed E-state index contributed by atoms with van der Waals surface area (Å²) in [5.74, 6) is -0.954. The molecular formula is C39H69O10P. The van der Waals surface area contributed by atoms with Crippen LogP contribution in [0.3, 0.4) is 0 Å². The van der Waals surface area contributed by atoms with E-state index in [1.807, 2.05) is 0 Å². The summed E-state index contributed by atoms with van der Waals surface area (Å²) in [6.45, 7) is 2.16. The minimum absolute atomic E-state index is 0.170. The summed E-state index contributed by atoms with van der Waals surface area (Å²) in [5, 5.41) is 18.3. The van der Waals surface area contributed by atoms with Crippen LogP contribution in [0.15, 0.2) is 48.6 Å². The molecule has 0 saturated heterocycles. The normalized spacial score (nSPS) is 14.6. The lowest BCUT2D eigenvalue weighted by Gasteiger charge is -2.20. The average molecular weight is 729 g/mol. The van der Waals surface area contributed by atoms with Gasteiger partial charge >= 0.3 is 19.8 Å². The van der Waals surface area contributed by atoms with Crippen LogP contribution in [-0.2, 0) is 32.7 Å². The first kappa shape index (κ1) is 47.9. The summed E-state index contributed by atoms with van der Waals surface area (Å²) in [7, 11) is -4.62. The molecule has 0 aliphatic carbocycles. The van der Waals surface area contributed by atoms with Crippen molar-refractivity contribution in [1.82, 2.24) is 0 Å². The van der Waals surface area contributed by atoms with Gasteiger partial charge in [-0.25, -0.2) is 4.57 Å². The Kier molecular flexibility index (Phi) is 33.9. The van der Waals surface area contributed by atoms with Crippen LogP contribution < -0.4 is 0 Å². The molecule has 3 N–H and O–H groups in total. The van der Waals surface area contributed by atoms with Gasteiger partial charge in [0.15, 0.2) is 6.10 Å². The molecule has 0 amide bonds. The van der Waals surface area contributed by atoms with Crippen LogP contribution in [0.2, 0.25) is 0 Å². The number of hydrogen-bond donors (Lipinski definition) is 3. The fraction of sp³-hybridized carbons (Fsp3) is 0.744. The second-order valence-electron chi connectivity index (χ2n) is 12.6. The van der Waals surface area contributed by atoms with Crippen LogP contribution in [0, 0.1) is 0 Å². The van der Waals surface area contributed by atoms with E-state index in [0.29, 0.717) is 12.8 Å². The number of hydrogen-bond acceptors (Lipinski definition) is 9. The molecule has 0 fully saturated rings. The van der Waals surface area contributed by atoms with E-state index < -0.39 is 51.8 Å². The Hall–Kier alpha value is -2.07. The number of aliphatic hydroxyl groups excluding tert-OH is 2. The zero-order chi connectivity index (χ0) is 37.0. The van der Waals surface area contributed by atoms with Crippen molar-refractivity contribution in [3.63, 3.8) is 0 Å². The standard InChI is InChI=1S/C39H69O10P/c1-3-5-7-9-11-13-15-16-17-18-19-20-21-23-25-27-29-31-39(43)49-37(35-48-50(44,45)47-33-36(41)32-40)34-46-38(42)30-28-26-24-22-14-12-10-8-6-4-2/h5,7-8,10-11,13,16-17,36-37,40-41H,3-4,6,9,12,14-15,18-35H2,1-2H3,(H,44,45)/b7-5-,10-8-,13-11-,17-16-. The Bertz CT molecular complexity index is 978. The van der Waals surface area contributed by atoms with Crippen molar-refractivity contribution in [1.29, 1.82) is 0 Å². The van der Waals surface area contributed by atoms with Crippen LogP contribution in [0.25, 0.3) is 0 Å². The Labute approximate surface area is 303 Å². The quantitative estimate of drug-likeness (QED) is 0.0249. The van der Waals surface area contributed by atoms with Gasteiger partial charge in [-0.1, -0.05) is 120 Å². The summed E-state index contributed by atoms with van der Waals surface area (Å²) >= 11 is 0. The number of phosphoric ester groups is 1. The maximum atomic E-state index is 12.5. The Morgan fingerprint density at radius 1 is 0.620 bits per heavy atom. The molecule has 0 rings (SSSR count). The molecule has 3 unspecified atom stereocenters. The maximum absolute atomic E-state index is 12.5. The number of rotatable bonds is 35. The van der Waals surface area contributed by atoms with E-state index in [0.717, 1.165) is 96.3 Å². The predicted molar refractivity (Wildman–Crippen MR) is 201 cm³/mol. The van der Waals surface area contributed by atoms with E-state index in [4.69, 9.17) is 19.1 Å². The van der Waals surface area contributed by atoms with E-state index in [1.165, 1.54) is 12.8 Å². The molecule has 3 atom stereocenters. The highest BCUT2D eigenvalue weighted by Gasteiger charge is 2.27. The fourth-order valence-corrected chi connectivity index (χ4v) is 5.56. The second kappa shape index (κ2) is 35.3. The number of unbranched alkanes of at least 4 members (excludes halogenated alkanes) is 13. The third kappa shape index (κ3) is 34.4. The van der Waals surface area contributed by atoms with Gasteiger partial charge < -0.3 is 24.6 Å². The van der Waals surface area contributed by atoms with Crippen LogP contribution in [-0.4, -0.2) is 65.7 Å². The minimum Gasteiger partial charge on any atom is -0.462 e. The van der Waals surface area contributed by atoms with Gasteiger partial charge in [-0.3, -0.25) is 18.6 Å². The van der Waals surface area contributed by atoms with Crippen molar-refractivity contribution in [3.05, 3.63) is 48.6 Å². The average Bonchev–Trinajstić information content (AvgIpc) is 3.10. The first-order chi connectivity index (χ1) is 24.2. The van der Waals surface area contributed by atoms with Crippen LogP contribution in [0.4, 0.5) is 0 Å². The second-order valence-corrected chi connectivity index (χ2v) is 14.0. The highest BCUT2D eigenvalue weighted by Crippen LogP contribution is 2.43. The molecule has 11 heteroatoms. The summed E-state index contributed by atoms with van der Waals surface area (Å²) in [4.78, 5) is 34.8. The van der Waals surface area contributed by atoms with E-state index in [2.05, 4.69) is 67.0 Å². The van der Waals surface area contributed by atoms with E-state index >= 15 is 0 Å². The molecule has 0 aromatic carbocycles. The molecule has 0 spiro atoms. The third-order valence-corrected chi connectivity index (χ3v) is 8.65. The van der Waals surface area contributed by atoms with E-state index in [1.54, 1.807) is 0 Å². The number of allylic oxidation sites excluding steroid dienone is 8. The predicted octanol–water partition coefficient (Wildman–Crippen LogP) is 9.38. The number of phosphoric acid groups is 1. The molecule has 0 heterocycles. The minimum atomic E-state index is -4.62. The van der Waals surface area contributed by atoms with Gasteiger partial charge in [0.25, 0.3) is 0 Å². The Balaban J connectivity index is 4.37. The van der Waals surface area contributed by atoms with Gasteiger partial charge in [0.1, 0.15) is 12.7 Å². The van der Waals surface area contributed by atoms with Gasteiger partial charge in [0.05, 0.1) is 19.8 Å². The molecule has 0 saturated carbocycles. The topological polar surface area (TPSA) is 149 Å². The maximum Gasteiger partial charge on any atom is 0.472 e.